The third kappa shape index (κ3) is 3.06. The zero-order valence-corrected chi connectivity index (χ0v) is 9.08. The number of hydrogen-bond donors (Lipinski definition) is 2. The summed E-state index contributed by atoms with van der Waals surface area (Å²) < 4.78 is 11.0. The molecule has 1 aromatic heterocycles. The molecule has 1 fully saturated rings. The fourth-order valence-electron chi connectivity index (χ4n) is 1.72. The second-order valence-corrected chi connectivity index (χ2v) is 3.98. The van der Waals surface area contributed by atoms with Gasteiger partial charge in [-0.05, 0) is 18.6 Å². The number of hydrogen-bond acceptors (Lipinski definition) is 3. The molecule has 0 spiro atoms. The Bertz CT molecular complexity index is 279. The molecule has 0 bridgehead atoms. The predicted molar refractivity (Wildman–Crippen MR) is 57.4 cm³/mol. The summed E-state index contributed by atoms with van der Waals surface area (Å²) in [6.07, 6.45) is 4.82. The van der Waals surface area contributed by atoms with Crippen molar-refractivity contribution in [1.82, 2.24) is 10.3 Å². The Morgan fingerprint density at radius 1 is 1.47 bits per heavy atom. The number of H-pyrrole nitrogens is 1. The highest BCUT2D eigenvalue weighted by atomic mass is 16.7. The van der Waals surface area contributed by atoms with Crippen molar-refractivity contribution in [1.29, 1.82) is 0 Å². The average molecular weight is 210 g/mol. The van der Waals surface area contributed by atoms with E-state index in [1.54, 1.807) is 0 Å². The Kier molecular flexibility index (Phi) is 3.41. The summed E-state index contributed by atoms with van der Waals surface area (Å²) >= 11 is 0. The summed E-state index contributed by atoms with van der Waals surface area (Å²) in [5.41, 5.74) is 1.27. The van der Waals surface area contributed by atoms with E-state index in [2.05, 4.69) is 16.4 Å². The van der Waals surface area contributed by atoms with Gasteiger partial charge in [0.2, 0.25) is 0 Å². The number of nitrogens with one attached hydrogen (secondary N) is 2. The highest BCUT2D eigenvalue weighted by Gasteiger charge is 2.29. The smallest absolute Gasteiger partial charge is 0.166 e. The lowest BCUT2D eigenvalue weighted by molar-refractivity contribution is -0.145. The van der Waals surface area contributed by atoms with Crippen molar-refractivity contribution in [2.75, 3.05) is 19.8 Å². The molecule has 1 aromatic rings. The van der Waals surface area contributed by atoms with E-state index < -0.39 is 0 Å². The molecule has 0 saturated carbocycles. The Morgan fingerprint density at radius 3 is 2.93 bits per heavy atom. The Morgan fingerprint density at radius 2 is 2.27 bits per heavy atom. The van der Waals surface area contributed by atoms with E-state index in [4.69, 9.17) is 9.47 Å². The lowest BCUT2D eigenvalue weighted by atomic mass is 10.2. The van der Waals surface area contributed by atoms with Gasteiger partial charge in [0, 0.05) is 31.9 Å². The van der Waals surface area contributed by atoms with Crippen LogP contribution in [0.5, 0.6) is 0 Å². The summed E-state index contributed by atoms with van der Waals surface area (Å²) in [5, 5.41) is 3.36. The molecule has 0 aromatic carbocycles. The monoisotopic (exact) mass is 210 g/mol. The summed E-state index contributed by atoms with van der Waals surface area (Å²) in [4.78, 5) is 3.03. The van der Waals surface area contributed by atoms with Crippen molar-refractivity contribution in [3.05, 3.63) is 24.0 Å². The maximum atomic E-state index is 5.51. The molecule has 0 radical (unpaired) electrons. The summed E-state index contributed by atoms with van der Waals surface area (Å²) in [6.45, 7) is 5.22. The lowest BCUT2D eigenvalue weighted by Gasteiger charge is -2.22. The van der Waals surface area contributed by atoms with Crippen LogP contribution in [0.2, 0.25) is 0 Å². The van der Waals surface area contributed by atoms with Crippen molar-refractivity contribution in [2.45, 2.75) is 25.7 Å². The first-order valence-electron chi connectivity index (χ1n) is 5.39. The third-order valence-electron chi connectivity index (χ3n) is 2.65. The molecular formula is C11H18N2O2. The van der Waals surface area contributed by atoms with Crippen molar-refractivity contribution >= 4 is 0 Å². The number of aromatic amines is 1. The van der Waals surface area contributed by atoms with E-state index in [1.165, 1.54) is 5.56 Å². The first-order chi connectivity index (χ1) is 7.29. The Labute approximate surface area is 90.0 Å². The van der Waals surface area contributed by atoms with E-state index in [0.717, 1.165) is 19.5 Å². The molecule has 2 heterocycles. The molecule has 1 saturated heterocycles. The first-order valence-corrected chi connectivity index (χ1v) is 5.39. The van der Waals surface area contributed by atoms with Gasteiger partial charge in [0.1, 0.15) is 0 Å². The highest BCUT2D eigenvalue weighted by molar-refractivity contribution is 5.07. The van der Waals surface area contributed by atoms with Crippen LogP contribution in [0.4, 0.5) is 0 Å². The summed E-state index contributed by atoms with van der Waals surface area (Å²) in [6, 6.07) is 2.07. The first kappa shape index (κ1) is 10.7. The molecule has 2 N–H and O–H groups in total. The van der Waals surface area contributed by atoms with Gasteiger partial charge in [-0.15, -0.1) is 0 Å². The molecule has 0 atom stereocenters. The number of aromatic nitrogens is 1. The van der Waals surface area contributed by atoms with E-state index >= 15 is 0 Å². The second-order valence-electron chi connectivity index (χ2n) is 3.98. The SMILES string of the molecule is CC1(CCNCc2cc[nH]c2)OCCO1. The van der Waals surface area contributed by atoms with E-state index in [9.17, 15) is 0 Å². The molecule has 1 aliphatic rings. The van der Waals surface area contributed by atoms with Crippen LogP contribution in [0, 0.1) is 0 Å². The van der Waals surface area contributed by atoms with Crippen molar-refractivity contribution in [2.24, 2.45) is 0 Å². The second kappa shape index (κ2) is 4.79. The molecule has 0 amide bonds. The molecule has 4 heteroatoms. The maximum absolute atomic E-state index is 5.51. The van der Waals surface area contributed by atoms with Crippen LogP contribution in [-0.2, 0) is 16.0 Å². The van der Waals surface area contributed by atoms with Gasteiger partial charge in [0.25, 0.3) is 0 Å². The van der Waals surface area contributed by atoms with E-state index in [1.807, 2.05) is 19.3 Å². The molecule has 15 heavy (non-hydrogen) atoms. The molecule has 0 aliphatic carbocycles. The van der Waals surface area contributed by atoms with Gasteiger partial charge in [0.05, 0.1) is 13.2 Å². The maximum Gasteiger partial charge on any atom is 0.166 e. The van der Waals surface area contributed by atoms with Gasteiger partial charge in [-0.2, -0.15) is 0 Å². The van der Waals surface area contributed by atoms with Crippen LogP contribution in [0.1, 0.15) is 18.9 Å². The molecule has 84 valence electrons. The van der Waals surface area contributed by atoms with Gasteiger partial charge in [-0.25, -0.2) is 0 Å². The largest absolute Gasteiger partial charge is 0.367 e. The zero-order chi connectivity index (χ0) is 10.6. The fraction of sp³-hybridized carbons (Fsp3) is 0.636. The summed E-state index contributed by atoms with van der Waals surface area (Å²) in [7, 11) is 0. The van der Waals surface area contributed by atoms with Crippen molar-refractivity contribution < 1.29 is 9.47 Å². The topological polar surface area (TPSA) is 46.3 Å². The number of ether oxygens (including phenoxy) is 2. The van der Waals surface area contributed by atoms with E-state index in [-0.39, 0.29) is 5.79 Å². The van der Waals surface area contributed by atoms with Crippen LogP contribution >= 0.6 is 0 Å². The van der Waals surface area contributed by atoms with Gasteiger partial charge in [-0.3, -0.25) is 0 Å². The zero-order valence-electron chi connectivity index (χ0n) is 9.08. The van der Waals surface area contributed by atoms with Crippen LogP contribution in [-0.4, -0.2) is 30.5 Å². The predicted octanol–water partition coefficient (Wildman–Crippen LogP) is 1.26. The average Bonchev–Trinajstić information content (AvgIpc) is 2.84. The van der Waals surface area contributed by atoms with Crippen LogP contribution in [0.15, 0.2) is 18.5 Å². The number of rotatable bonds is 5. The van der Waals surface area contributed by atoms with Crippen molar-refractivity contribution in [3.8, 4) is 0 Å². The normalized spacial score (nSPS) is 19.5. The molecular weight excluding hydrogens is 192 g/mol. The Balaban J connectivity index is 1.62. The minimum Gasteiger partial charge on any atom is -0.367 e. The summed E-state index contributed by atoms with van der Waals surface area (Å²) in [5.74, 6) is -0.370. The highest BCUT2D eigenvalue weighted by Crippen LogP contribution is 2.21. The minimum absolute atomic E-state index is 0.370. The molecule has 4 nitrogen and oxygen atoms in total. The van der Waals surface area contributed by atoms with Gasteiger partial charge in [-0.1, -0.05) is 0 Å². The minimum atomic E-state index is -0.370. The van der Waals surface area contributed by atoms with Gasteiger partial charge >= 0.3 is 0 Å². The van der Waals surface area contributed by atoms with Gasteiger partial charge < -0.3 is 19.8 Å². The van der Waals surface area contributed by atoms with Crippen molar-refractivity contribution in [3.63, 3.8) is 0 Å². The standard InChI is InChI=1S/C11H18N2O2/c1-11(14-6-7-15-11)3-5-13-9-10-2-4-12-8-10/h2,4,8,12-13H,3,5-7,9H2,1H3. The molecule has 2 rings (SSSR count). The third-order valence-corrected chi connectivity index (χ3v) is 2.65. The van der Waals surface area contributed by atoms with Crippen LogP contribution in [0.3, 0.4) is 0 Å². The van der Waals surface area contributed by atoms with Crippen LogP contribution in [0.25, 0.3) is 0 Å². The quantitative estimate of drug-likeness (QED) is 0.719. The molecule has 0 unspecified atom stereocenters. The lowest BCUT2D eigenvalue weighted by Crippen LogP contribution is -2.30. The van der Waals surface area contributed by atoms with Crippen LogP contribution < -0.4 is 5.32 Å². The fourth-order valence-corrected chi connectivity index (χ4v) is 1.72. The Hall–Kier alpha value is -0.840. The van der Waals surface area contributed by atoms with Gasteiger partial charge in [0.15, 0.2) is 5.79 Å². The van der Waals surface area contributed by atoms with E-state index in [0.29, 0.717) is 13.2 Å². The molecule has 1 aliphatic heterocycles.